The van der Waals surface area contributed by atoms with Crippen molar-refractivity contribution in [2.24, 2.45) is 0 Å². The maximum atomic E-state index is 11.7. The van der Waals surface area contributed by atoms with Crippen LogP contribution < -0.4 is 4.72 Å². The van der Waals surface area contributed by atoms with Crippen LogP contribution in [0.25, 0.3) is 0 Å². The highest BCUT2D eigenvalue weighted by Crippen LogP contribution is 2.32. The van der Waals surface area contributed by atoms with Gasteiger partial charge in [0, 0.05) is 31.8 Å². The number of hydrogen-bond acceptors (Lipinski definition) is 5. The number of nitrogens with one attached hydrogen (secondary N) is 1. The number of carbonyl (C=O) groups is 1. The van der Waals surface area contributed by atoms with Gasteiger partial charge in [-0.05, 0) is 19.8 Å². The Morgan fingerprint density at radius 3 is 2.86 bits per heavy atom. The fraction of sp³-hybridized carbons (Fsp3) is 0.615. The summed E-state index contributed by atoms with van der Waals surface area (Å²) < 4.78 is 25.0. The van der Waals surface area contributed by atoms with Gasteiger partial charge in [-0.3, -0.25) is 4.79 Å². The van der Waals surface area contributed by atoms with E-state index in [1.54, 1.807) is 24.9 Å². The molecule has 2 heterocycles. The molecular formula is C13H20N4O3S. The lowest BCUT2D eigenvalue weighted by molar-refractivity contribution is -0.129. The van der Waals surface area contributed by atoms with Crippen molar-refractivity contribution in [1.82, 2.24) is 19.6 Å². The van der Waals surface area contributed by atoms with E-state index in [0.717, 1.165) is 24.8 Å². The van der Waals surface area contributed by atoms with Crippen molar-refractivity contribution >= 4 is 15.9 Å². The minimum atomic E-state index is -3.29. The van der Waals surface area contributed by atoms with Crippen LogP contribution in [-0.2, 0) is 21.4 Å². The predicted octanol–water partition coefficient (Wildman–Crippen LogP) is 0.518. The normalized spacial score (nSPS) is 19.0. The standard InChI is InChI=1S/C13H20N4O3S/c1-9-14-7-11(8-15-21(3,19)20)13(16-9)12-5-4-6-17(12)10(2)18/h7,12,15H,4-6,8H2,1-3H3/t12-/m0/s1. The zero-order chi connectivity index (χ0) is 15.6. The third kappa shape index (κ3) is 3.98. The molecule has 1 aromatic rings. The number of amides is 1. The number of nitrogens with zero attached hydrogens (tertiary/aromatic N) is 3. The first-order valence-electron chi connectivity index (χ1n) is 6.82. The molecule has 116 valence electrons. The number of sulfonamides is 1. The van der Waals surface area contributed by atoms with Crippen molar-refractivity contribution < 1.29 is 13.2 Å². The van der Waals surface area contributed by atoms with Gasteiger partial charge in [0.05, 0.1) is 18.0 Å². The Kier molecular flexibility index (Phi) is 4.58. The Labute approximate surface area is 124 Å². The monoisotopic (exact) mass is 312 g/mol. The number of aromatic nitrogens is 2. The second-order valence-corrected chi connectivity index (χ2v) is 7.12. The van der Waals surface area contributed by atoms with E-state index in [0.29, 0.717) is 17.9 Å². The average Bonchev–Trinajstić information content (AvgIpc) is 2.85. The summed E-state index contributed by atoms with van der Waals surface area (Å²) in [5.74, 6) is 0.624. The molecule has 1 atom stereocenters. The molecule has 7 nitrogen and oxygen atoms in total. The molecule has 21 heavy (non-hydrogen) atoms. The van der Waals surface area contributed by atoms with Gasteiger partial charge in [0.25, 0.3) is 0 Å². The molecule has 1 N–H and O–H groups in total. The molecule has 0 bridgehead atoms. The van der Waals surface area contributed by atoms with Crippen LogP contribution >= 0.6 is 0 Å². The van der Waals surface area contributed by atoms with Crippen LogP contribution in [0.5, 0.6) is 0 Å². The van der Waals surface area contributed by atoms with Crippen LogP contribution in [0.4, 0.5) is 0 Å². The van der Waals surface area contributed by atoms with E-state index in [-0.39, 0.29) is 18.5 Å². The molecule has 1 aliphatic rings. The molecular weight excluding hydrogens is 292 g/mol. The number of carbonyl (C=O) groups excluding carboxylic acids is 1. The molecule has 1 saturated heterocycles. The number of rotatable bonds is 4. The highest BCUT2D eigenvalue weighted by atomic mass is 32.2. The van der Waals surface area contributed by atoms with E-state index < -0.39 is 10.0 Å². The first kappa shape index (κ1) is 15.8. The number of hydrogen-bond donors (Lipinski definition) is 1. The molecule has 0 saturated carbocycles. The molecule has 0 aromatic carbocycles. The van der Waals surface area contributed by atoms with Crippen molar-refractivity contribution in [3.63, 3.8) is 0 Å². The van der Waals surface area contributed by atoms with E-state index in [1.807, 2.05) is 0 Å². The largest absolute Gasteiger partial charge is 0.334 e. The first-order valence-corrected chi connectivity index (χ1v) is 8.71. The quantitative estimate of drug-likeness (QED) is 0.875. The summed E-state index contributed by atoms with van der Waals surface area (Å²) >= 11 is 0. The van der Waals surface area contributed by atoms with Crippen molar-refractivity contribution in [3.8, 4) is 0 Å². The van der Waals surface area contributed by atoms with E-state index in [1.165, 1.54) is 0 Å². The van der Waals surface area contributed by atoms with Crippen molar-refractivity contribution in [1.29, 1.82) is 0 Å². The maximum absolute atomic E-state index is 11.7. The minimum absolute atomic E-state index is 0.00999. The Morgan fingerprint density at radius 2 is 2.24 bits per heavy atom. The summed E-state index contributed by atoms with van der Waals surface area (Å²) in [6, 6.07) is -0.0967. The van der Waals surface area contributed by atoms with Gasteiger partial charge in [-0.15, -0.1) is 0 Å². The van der Waals surface area contributed by atoms with E-state index in [9.17, 15) is 13.2 Å². The Morgan fingerprint density at radius 1 is 1.52 bits per heavy atom. The van der Waals surface area contributed by atoms with Gasteiger partial charge in [-0.25, -0.2) is 23.1 Å². The third-order valence-electron chi connectivity index (χ3n) is 3.52. The smallest absolute Gasteiger partial charge is 0.220 e. The van der Waals surface area contributed by atoms with Gasteiger partial charge in [-0.1, -0.05) is 0 Å². The second kappa shape index (κ2) is 6.07. The van der Waals surface area contributed by atoms with Crippen LogP contribution in [0.3, 0.4) is 0 Å². The van der Waals surface area contributed by atoms with Crippen LogP contribution in [0.2, 0.25) is 0 Å². The SMILES string of the molecule is CC(=O)N1CCC[C@H]1c1nc(C)ncc1CNS(C)(=O)=O. The minimum Gasteiger partial charge on any atom is -0.334 e. The topological polar surface area (TPSA) is 92.3 Å². The summed E-state index contributed by atoms with van der Waals surface area (Å²) in [5, 5.41) is 0. The van der Waals surface area contributed by atoms with Crippen LogP contribution in [0, 0.1) is 6.92 Å². The second-order valence-electron chi connectivity index (χ2n) is 5.29. The van der Waals surface area contributed by atoms with Gasteiger partial charge in [0.1, 0.15) is 5.82 Å². The molecule has 1 amide bonds. The number of aryl methyl sites for hydroxylation is 1. The lowest BCUT2D eigenvalue weighted by Crippen LogP contribution is -2.30. The van der Waals surface area contributed by atoms with Gasteiger partial charge >= 0.3 is 0 Å². The van der Waals surface area contributed by atoms with Crippen molar-refractivity contribution in [2.45, 2.75) is 39.3 Å². The fourth-order valence-corrected chi connectivity index (χ4v) is 2.99. The highest BCUT2D eigenvalue weighted by molar-refractivity contribution is 7.88. The highest BCUT2D eigenvalue weighted by Gasteiger charge is 2.31. The maximum Gasteiger partial charge on any atom is 0.220 e. The van der Waals surface area contributed by atoms with Gasteiger partial charge in [0.15, 0.2) is 0 Å². The summed E-state index contributed by atoms with van der Waals surface area (Å²) in [5.41, 5.74) is 1.45. The molecule has 0 aliphatic carbocycles. The van der Waals surface area contributed by atoms with E-state index in [4.69, 9.17) is 0 Å². The van der Waals surface area contributed by atoms with Crippen molar-refractivity contribution in [3.05, 3.63) is 23.3 Å². The fourth-order valence-electron chi connectivity index (χ4n) is 2.57. The van der Waals surface area contributed by atoms with Gasteiger partial charge in [0.2, 0.25) is 15.9 Å². The summed E-state index contributed by atoms with van der Waals surface area (Å²) in [6.45, 7) is 4.17. The molecule has 1 fully saturated rings. The van der Waals surface area contributed by atoms with Crippen molar-refractivity contribution in [2.75, 3.05) is 12.8 Å². The molecule has 1 aliphatic heterocycles. The van der Waals surface area contributed by atoms with Crippen LogP contribution in [-0.4, -0.2) is 42.0 Å². The molecule has 1 aromatic heterocycles. The van der Waals surface area contributed by atoms with E-state index in [2.05, 4.69) is 14.7 Å². The first-order chi connectivity index (χ1) is 9.78. The zero-order valence-electron chi connectivity index (χ0n) is 12.5. The Balaban J connectivity index is 2.33. The average molecular weight is 312 g/mol. The van der Waals surface area contributed by atoms with Gasteiger partial charge < -0.3 is 4.90 Å². The van der Waals surface area contributed by atoms with Crippen LogP contribution in [0.1, 0.15) is 42.9 Å². The molecule has 8 heteroatoms. The Bertz CT molecular complexity index is 645. The van der Waals surface area contributed by atoms with Gasteiger partial charge in [-0.2, -0.15) is 0 Å². The third-order valence-corrected chi connectivity index (χ3v) is 4.18. The zero-order valence-corrected chi connectivity index (χ0v) is 13.3. The summed E-state index contributed by atoms with van der Waals surface area (Å²) in [6.07, 6.45) is 4.50. The lowest BCUT2D eigenvalue weighted by Gasteiger charge is -2.24. The Hall–Kier alpha value is -1.54. The lowest BCUT2D eigenvalue weighted by atomic mass is 10.1. The summed E-state index contributed by atoms with van der Waals surface area (Å²) in [7, 11) is -3.29. The van der Waals surface area contributed by atoms with E-state index >= 15 is 0 Å². The van der Waals surface area contributed by atoms with Crippen LogP contribution in [0.15, 0.2) is 6.20 Å². The number of likely N-dealkylation sites (tertiary alicyclic amines) is 1. The molecule has 0 unspecified atom stereocenters. The molecule has 0 spiro atoms. The molecule has 2 rings (SSSR count). The molecule has 0 radical (unpaired) electrons. The predicted molar refractivity (Wildman–Crippen MR) is 77.8 cm³/mol. The summed E-state index contributed by atoms with van der Waals surface area (Å²) in [4.78, 5) is 22.1.